The zero-order chi connectivity index (χ0) is 19.8. The minimum Gasteiger partial charge on any atom is -0.411 e. The molecule has 0 aliphatic carbocycles. The summed E-state index contributed by atoms with van der Waals surface area (Å²) >= 11 is 0. The molecule has 0 bridgehead atoms. The van der Waals surface area contributed by atoms with Gasteiger partial charge in [-0.1, -0.05) is 40.4 Å². The van der Waals surface area contributed by atoms with Gasteiger partial charge in [-0.2, -0.15) is 0 Å². The molecule has 0 saturated carbocycles. The number of rotatable bonds is 6. The Bertz CT molecular complexity index is 492. The van der Waals surface area contributed by atoms with Gasteiger partial charge in [0.25, 0.3) is 0 Å². The van der Waals surface area contributed by atoms with Crippen LogP contribution >= 0.6 is 0 Å². The normalized spacial score (nSPS) is 27.2. The van der Waals surface area contributed by atoms with Gasteiger partial charge in [0, 0.05) is 11.5 Å². The van der Waals surface area contributed by atoms with E-state index in [1.165, 1.54) is 0 Å². The molecule has 4 atom stereocenters. The van der Waals surface area contributed by atoms with Gasteiger partial charge in [-0.15, -0.1) is 12.3 Å². The third-order valence-electron chi connectivity index (χ3n) is 5.39. The molecular weight excluding hydrogens is 360 g/mol. The summed E-state index contributed by atoms with van der Waals surface area (Å²) in [5.74, 6) is 3.24. The molecule has 1 rings (SSSR count). The number of terminal acetylenes is 1. The fourth-order valence-corrected chi connectivity index (χ4v) is 7.31. The molecule has 1 saturated heterocycles. The van der Waals surface area contributed by atoms with E-state index in [0.29, 0.717) is 6.61 Å². The first-order valence-electron chi connectivity index (χ1n) is 9.43. The minimum absolute atomic E-state index is 0.0371. The van der Waals surface area contributed by atoms with Gasteiger partial charge in [0.05, 0.1) is 20.8 Å². The van der Waals surface area contributed by atoms with Crippen LogP contribution in [-0.2, 0) is 13.6 Å². The quantitative estimate of drug-likeness (QED) is 0.432. The van der Waals surface area contributed by atoms with E-state index >= 15 is 0 Å². The Morgan fingerprint density at radius 1 is 1.00 bits per heavy atom. The Labute approximate surface area is 159 Å². The molecule has 3 nitrogen and oxygen atoms in total. The second-order valence-electron chi connectivity index (χ2n) is 10.9. The van der Waals surface area contributed by atoms with Gasteiger partial charge in [-0.25, -0.2) is 0 Å². The highest BCUT2D eigenvalue weighted by molar-refractivity contribution is 6.78. The van der Waals surface area contributed by atoms with Crippen LogP contribution in [0.25, 0.3) is 0 Å². The van der Waals surface area contributed by atoms with Crippen LogP contribution in [0.15, 0.2) is 0 Å². The summed E-state index contributed by atoms with van der Waals surface area (Å²) in [6.07, 6.45) is 5.83. The van der Waals surface area contributed by atoms with Gasteiger partial charge < -0.3 is 13.6 Å². The zero-order valence-corrected chi connectivity index (χ0v) is 21.3. The first-order chi connectivity index (χ1) is 11.0. The summed E-state index contributed by atoms with van der Waals surface area (Å²) in [6, 6.07) is 0. The summed E-state index contributed by atoms with van der Waals surface area (Å²) in [7, 11) is -5.20. The van der Waals surface area contributed by atoms with Crippen molar-refractivity contribution in [2.75, 3.05) is 6.61 Å². The molecule has 0 spiro atoms. The molecule has 0 aromatic carbocycles. The molecule has 2 unspecified atom stereocenters. The van der Waals surface area contributed by atoms with E-state index < -0.39 is 24.7 Å². The van der Waals surface area contributed by atoms with Gasteiger partial charge in [-0.05, 0) is 37.8 Å². The van der Waals surface area contributed by atoms with Crippen LogP contribution in [-0.4, -0.2) is 43.7 Å². The molecule has 0 aromatic rings. The molecule has 1 fully saturated rings. The fourth-order valence-electron chi connectivity index (χ4n) is 3.03. The second-order valence-corrected chi connectivity index (χ2v) is 25.5. The Morgan fingerprint density at radius 2 is 1.52 bits per heavy atom. The molecule has 1 heterocycles. The van der Waals surface area contributed by atoms with Crippen molar-refractivity contribution in [1.29, 1.82) is 0 Å². The molecule has 25 heavy (non-hydrogen) atoms. The van der Waals surface area contributed by atoms with E-state index in [0.717, 1.165) is 0 Å². The number of hydrogen-bond acceptors (Lipinski definition) is 3. The first-order valence-corrected chi connectivity index (χ1v) is 19.3. The lowest BCUT2D eigenvalue weighted by atomic mass is 10.0. The monoisotopic (exact) mass is 400 g/mol. The molecule has 6 heteroatoms. The van der Waals surface area contributed by atoms with Crippen LogP contribution < -0.4 is 0 Å². The topological polar surface area (TPSA) is 27.7 Å². The standard InChI is InChI=1S/C19H40O3Si3/c1-13-16(23(5,6)7)17-15(21-25(11,12)19(2,3)4)14-20-18(17)22-24(8,9)10/h1,15-18H,14H2,2-12H3/t15-,16?,17+,18?/m0/s1. The molecule has 0 radical (unpaired) electrons. The Hall–Kier alpha value is 0.0906. The molecule has 146 valence electrons. The molecule has 0 amide bonds. The summed E-state index contributed by atoms with van der Waals surface area (Å²) in [4.78, 5) is 0. The summed E-state index contributed by atoms with van der Waals surface area (Å²) in [5.41, 5.74) is 0.186. The molecular formula is C19H40O3Si3. The van der Waals surface area contributed by atoms with Gasteiger partial charge >= 0.3 is 0 Å². The highest BCUT2D eigenvalue weighted by Crippen LogP contribution is 2.45. The number of hydrogen-bond donors (Lipinski definition) is 0. The third kappa shape index (κ3) is 6.05. The average molecular weight is 401 g/mol. The van der Waals surface area contributed by atoms with Crippen LogP contribution in [0, 0.1) is 18.3 Å². The summed E-state index contributed by atoms with van der Waals surface area (Å²) < 4.78 is 19.3. The van der Waals surface area contributed by atoms with Crippen molar-refractivity contribution in [3.8, 4) is 12.3 Å². The number of ether oxygens (including phenoxy) is 1. The lowest BCUT2D eigenvalue weighted by Gasteiger charge is -2.42. The van der Waals surface area contributed by atoms with Crippen LogP contribution in [0.1, 0.15) is 20.8 Å². The first kappa shape index (κ1) is 23.1. The van der Waals surface area contributed by atoms with Crippen molar-refractivity contribution in [3.05, 3.63) is 0 Å². The molecule has 1 aliphatic rings. The van der Waals surface area contributed by atoms with Crippen molar-refractivity contribution in [2.45, 2.75) is 96.1 Å². The zero-order valence-electron chi connectivity index (χ0n) is 18.3. The van der Waals surface area contributed by atoms with Crippen LogP contribution in [0.5, 0.6) is 0 Å². The van der Waals surface area contributed by atoms with E-state index in [4.69, 9.17) is 20.0 Å². The Balaban J connectivity index is 3.18. The van der Waals surface area contributed by atoms with E-state index in [1.807, 2.05) is 0 Å². The van der Waals surface area contributed by atoms with Crippen LogP contribution in [0.2, 0.25) is 63.0 Å². The van der Waals surface area contributed by atoms with Crippen molar-refractivity contribution >= 4 is 24.7 Å². The maximum atomic E-state index is 6.77. The Kier molecular flexibility index (Phi) is 7.04. The second kappa shape index (κ2) is 7.61. The highest BCUT2D eigenvalue weighted by atomic mass is 28.4. The third-order valence-corrected chi connectivity index (χ3v) is 13.2. The van der Waals surface area contributed by atoms with Crippen molar-refractivity contribution in [2.24, 2.45) is 5.92 Å². The maximum Gasteiger partial charge on any atom is 0.192 e. The largest absolute Gasteiger partial charge is 0.411 e. The minimum atomic E-state index is -1.90. The van der Waals surface area contributed by atoms with E-state index in [-0.39, 0.29) is 28.9 Å². The van der Waals surface area contributed by atoms with E-state index in [9.17, 15) is 0 Å². The molecule has 0 aromatic heterocycles. The predicted octanol–water partition coefficient (Wildman–Crippen LogP) is 5.54. The van der Waals surface area contributed by atoms with Gasteiger partial charge in [0.1, 0.15) is 0 Å². The Morgan fingerprint density at radius 3 is 1.88 bits per heavy atom. The predicted molar refractivity (Wildman–Crippen MR) is 116 cm³/mol. The van der Waals surface area contributed by atoms with Gasteiger partial charge in [-0.3, -0.25) is 0 Å². The van der Waals surface area contributed by atoms with E-state index in [1.54, 1.807) is 0 Å². The van der Waals surface area contributed by atoms with Crippen LogP contribution in [0.3, 0.4) is 0 Å². The summed E-state index contributed by atoms with van der Waals surface area (Å²) in [5, 5.41) is 0.167. The SMILES string of the molecule is C#CC([C@@H]1C(O[Si](C)(C)C)OC[C@@H]1O[Si](C)(C)C(C)(C)C)[Si](C)(C)C. The lowest BCUT2D eigenvalue weighted by molar-refractivity contribution is -0.0673. The highest BCUT2D eigenvalue weighted by Gasteiger charge is 2.51. The van der Waals surface area contributed by atoms with E-state index in [2.05, 4.69) is 79.1 Å². The maximum absolute atomic E-state index is 6.77. The molecule has 1 aliphatic heterocycles. The van der Waals surface area contributed by atoms with Crippen LogP contribution in [0.4, 0.5) is 0 Å². The van der Waals surface area contributed by atoms with Crippen molar-refractivity contribution in [3.63, 3.8) is 0 Å². The van der Waals surface area contributed by atoms with Crippen molar-refractivity contribution in [1.82, 2.24) is 0 Å². The van der Waals surface area contributed by atoms with Gasteiger partial charge in [0.2, 0.25) is 0 Å². The molecule has 0 N–H and O–H groups in total. The summed E-state index contributed by atoms with van der Waals surface area (Å²) in [6.45, 7) is 25.6. The lowest BCUT2D eigenvalue weighted by Crippen LogP contribution is -2.49. The fraction of sp³-hybridized carbons (Fsp3) is 0.895. The van der Waals surface area contributed by atoms with Gasteiger partial charge in [0.15, 0.2) is 22.9 Å². The van der Waals surface area contributed by atoms with Crippen molar-refractivity contribution < 1.29 is 13.6 Å². The smallest absolute Gasteiger partial charge is 0.192 e. The average Bonchev–Trinajstić information content (AvgIpc) is 2.68.